The highest BCUT2D eigenvalue weighted by Gasteiger charge is 2.03. The summed E-state index contributed by atoms with van der Waals surface area (Å²) in [6.07, 6.45) is 0. The summed E-state index contributed by atoms with van der Waals surface area (Å²) in [7, 11) is 1.82. The number of benzene rings is 1. The molecule has 0 atom stereocenters. The summed E-state index contributed by atoms with van der Waals surface area (Å²) in [5.41, 5.74) is 8.93. The lowest BCUT2D eigenvalue weighted by Crippen LogP contribution is -1.99. The molecular formula is C13H17N3O. The molecule has 0 unspecified atom stereocenters. The smallest absolute Gasteiger partial charge is 0.132 e. The molecule has 0 saturated heterocycles. The Balaban J connectivity index is 2.07. The fraction of sp³-hybridized carbons (Fsp3) is 0.308. The minimum absolute atomic E-state index is 0.438. The predicted molar refractivity (Wildman–Crippen MR) is 67.9 cm³/mol. The van der Waals surface area contributed by atoms with Crippen molar-refractivity contribution in [3.05, 3.63) is 41.1 Å². The van der Waals surface area contributed by atoms with Crippen molar-refractivity contribution in [3.63, 3.8) is 0 Å². The highest BCUT2D eigenvalue weighted by molar-refractivity contribution is 5.34. The third-order valence-corrected chi connectivity index (χ3v) is 2.55. The summed E-state index contributed by atoms with van der Waals surface area (Å²) < 4.78 is 7.33. The standard InChI is InChI=1S/C13H17N3O/c1-9-4-10(2)6-12(5-9)17-8-11-7-13(14)16(3)15-11/h4-7H,8,14H2,1-3H3. The van der Waals surface area contributed by atoms with Crippen molar-refractivity contribution < 1.29 is 4.74 Å². The van der Waals surface area contributed by atoms with Gasteiger partial charge in [-0.1, -0.05) is 6.07 Å². The lowest BCUT2D eigenvalue weighted by Gasteiger charge is -2.06. The van der Waals surface area contributed by atoms with Crippen LogP contribution in [0.2, 0.25) is 0 Å². The van der Waals surface area contributed by atoms with E-state index in [1.807, 2.05) is 25.2 Å². The van der Waals surface area contributed by atoms with Gasteiger partial charge in [0.15, 0.2) is 0 Å². The summed E-state index contributed by atoms with van der Waals surface area (Å²) in [5, 5.41) is 4.24. The molecule has 0 bridgehead atoms. The molecule has 0 aliphatic heterocycles. The third-order valence-electron chi connectivity index (χ3n) is 2.55. The quantitative estimate of drug-likeness (QED) is 0.881. The van der Waals surface area contributed by atoms with Gasteiger partial charge in [0.2, 0.25) is 0 Å². The molecular weight excluding hydrogens is 214 g/mol. The molecule has 2 N–H and O–H groups in total. The van der Waals surface area contributed by atoms with Crippen LogP contribution < -0.4 is 10.5 Å². The van der Waals surface area contributed by atoms with Crippen LogP contribution in [0.15, 0.2) is 24.3 Å². The topological polar surface area (TPSA) is 53.1 Å². The molecule has 90 valence electrons. The second-order valence-electron chi connectivity index (χ2n) is 4.30. The summed E-state index contributed by atoms with van der Waals surface area (Å²) in [5.74, 6) is 1.51. The van der Waals surface area contributed by atoms with Crippen molar-refractivity contribution in [2.75, 3.05) is 5.73 Å². The van der Waals surface area contributed by atoms with E-state index < -0.39 is 0 Å². The number of hydrogen-bond acceptors (Lipinski definition) is 3. The maximum Gasteiger partial charge on any atom is 0.132 e. The van der Waals surface area contributed by atoms with Crippen LogP contribution in [0.5, 0.6) is 5.75 Å². The molecule has 0 fully saturated rings. The fourth-order valence-electron chi connectivity index (χ4n) is 1.79. The van der Waals surface area contributed by atoms with Crippen molar-refractivity contribution >= 4 is 5.82 Å². The number of aromatic nitrogens is 2. The van der Waals surface area contributed by atoms with Gasteiger partial charge in [-0.15, -0.1) is 0 Å². The van der Waals surface area contributed by atoms with E-state index in [1.54, 1.807) is 4.68 Å². The van der Waals surface area contributed by atoms with Crippen LogP contribution >= 0.6 is 0 Å². The van der Waals surface area contributed by atoms with Gasteiger partial charge in [-0.2, -0.15) is 5.10 Å². The number of anilines is 1. The first-order chi connectivity index (χ1) is 8.04. The van der Waals surface area contributed by atoms with Gasteiger partial charge in [-0.3, -0.25) is 4.68 Å². The third kappa shape index (κ3) is 2.78. The van der Waals surface area contributed by atoms with E-state index in [1.165, 1.54) is 11.1 Å². The van der Waals surface area contributed by atoms with E-state index in [4.69, 9.17) is 10.5 Å². The second kappa shape index (κ2) is 4.49. The van der Waals surface area contributed by atoms with Crippen molar-refractivity contribution in [2.45, 2.75) is 20.5 Å². The number of aryl methyl sites for hydroxylation is 3. The Hall–Kier alpha value is -1.97. The largest absolute Gasteiger partial charge is 0.487 e. The van der Waals surface area contributed by atoms with Crippen LogP contribution in [-0.2, 0) is 13.7 Å². The highest BCUT2D eigenvalue weighted by atomic mass is 16.5. The van der Waals surface area contributed by atoms with E-state index in [2.05, 4.69) is 25.0 Å². The monoisotopic (exact) mass is 231 g/mol. The van der Waals surface area contributed by atoms with E-state index in [9.17, 15) is 0 Å². The minimum Gasteiger partial charge on any atom is -0.487 e. The Bertz CT molecular complexity index is 492. The molecule has 0 radical (unpaired) electrons. The Morgan fingerprint density at radius 3 is 2.35 bits per heavy atom. The van der Waals surface area contributed by atoms with Gasteiger partial charge in [-0.25, -0.2) is 0 Å². The molecule has 2 rings (SSSR count). The van der Waals surface area contributed by atoms with E-state index in [0.717, 1.165) is 11.4 Å². The van der Waals surface area contributed by atoms with Gasteiger partial charge in [-0.05, 0) is 37.1 Å². The highest BCUT2D eigenvalue weighted by Crippen LogP contribution is 2.17. The van der Waals surface area contributed by atoms with Gasteiger partial charge in [0, 0.05) is 13.1 Å². The van der Waals surface area contributed by atoms with Crippen molar-refractivity contribution in [2.24, 2.45) is 7.05 Å². The van der Waals surface area contributed by atoms with Gasteiger partial charge in [0.05, 0.1) is 0 Å². The summed E-state index contributed by atoms with van der Waals surface area (Å²) in [6, 6.07) is 7.97. The van der Waals surface area contributed by atoms with Gasteiger partial charge < -0.3 is 10.5 Å². The number of nitrogens with two attached hydrogens (primary N) is 1. The molecule has 1 aromatic heterocycles. The van der Waals surface area contributed by atoms with Crippen molar-refractivity contribution in [1.29, 1.82) is 0 Å². The maximum atomic E-state index is 5.70. The van der Waals surface area contributed by atoms with E-state index in [0.29, 0.717) is 12.4 Å². The van der Waals surface area contributed by atoms with Gasteiger partial charge >= 0.3 is 0 Å². The summed E-state index contributed by atoms with van der Waals surface area (Å²) in [4.78, 5) is 0. The normalized spacial score (nSPS) is 10.5. The van der Waals surface area contributed by atoms with Gasteiger partial charge in [0.1, 0.15) is 23.9 Å². The molecule has 0 aliphatic carbocycles. The number of ether oxygens (including phenoxy) is 1. The molecule has 0 saturated carbocycles. The zero-order chi connectivity index (χ0) is 12.4. The summed E-state index contributed by atoms with van der Waals surface area (Å²) in [6.45, 7) is 4.55. The number of rotatable bonds is 3. The van der Waals surface area contributed by atoms with Crippen LogP contribution in [0.1, 0.15) is 16.8 Å². The van der Waals surface area contributed by atoms with E-state index >= 15 is 0 Å². The first-order valence-corrected chi connectivity index (χ1v) is 5.54. The molecule has 17 heavy (non-hydrogen) atoms. The zero-order valence-electron chi connectivity index (χ0n) is 10.4. The van der Waals surface area contributed by atoms with Gasteiger partial charge in [0.25, 0.3) is 0 Å². The Morgan fingerprint density at radius 1 is 1.18 bits per heavy atom. The van der Waals surface area contributed by atoms with Crippen LogP contribution in [0.25, 0.3) is 0 Å². The molecule has 0 aliphatic rings. The fourth-order valence-corrected chi connectivity index (χ4v) is 1.79. The van der Waals surface area contributed by atoms with Crippen molar-refractivity contribution in [1.82, 2.24) is 9.78 Å². The molecule has 2 aromatic rings. The average molecular weight is 231 g/mol. The van der Waals surface area contributed by atoms with Crippen LogP contribution in [0.4, 0.5) is 5.82 Å². The van der Waals surface area contributed by atoms with Crippen LogP contribution in [0, 0.1) is 13.8 Å². The van der Waals surface area contributed by atoms with Crippen LogP contribution in [-0.4, -0.2) is 9.78 Å². The first-order valence-electron chi connectivity index (χ1n) is 5.54. The number of nitrogen functional groups attached to an aromatic ring is 1. The lowest BCUT2D eigenvalue weighted by atomic mass is 10.1. The van der Waals surface area contributed by atoms with E-state index in [-0.39, 0.29) is 0 Å². The first kappa shape index (κ1) is 11.5. The number of nitrogens with zero attached hydrogens (tertiary/aromatic N) is 2. The zero-order valence-corrected chi connectivity index (χ0v) is 10.4. The molecule has 1 heterocycles. The molecule has 1 aromatic carbocycles. The number of hydrogen-bond donors (Lipinski definition) is 1. The van der Waals surface area contributed by atoms with Crippen molar-refractivity contribution in [3.8, 4) is 5.75 Å². The Morgan fingerprint density at radius 2 is 1.82 bits per heavy atom. The van der Waals surface area contributed by atoms with Crippen LogP contribution in [0.3, 0.4) is 0 Å². The molecule has 0 spiro atoms. The second-order valence-corrected chi connectivity index (χ2v) is 4.30. The average Bonchev–Trinajstić information content (AvgIpc) is 2.54. The maximum absolute atomic E-state index is 5.70. The molecule has 4 heteroatoms. The minimum atomic E-state index is 0.438. The molecule has 4 nitrogen and oxygen atoms in total. The SMILES string of the molecule is Cc1cc(C)cc(OCc2cc(N)n(C)n2)c1. The predicted octanol–water partition coefficient (Wildman–Crippen LogP) is 2.20. The Kier molecular flexibility index (Phi) is 3.04. The Labute approximate surface area is 101 Å². The molecule has 0 amide bonds. The summed E-state index contributed by atoms with van der Waals surface area (Å²) >= 11 is 0. The lowest BCUT2D eigenvalue weighted by molar-refractivity contribution is 0.299.